The van der Waals surface area contributed by atoms with Crippen molar-refractivity contribution in [2.24, 2.45) is 0 Å². The summed E-state index contributed by atoms with van der Waals surface area (Å²) in [6.45, 7) is 6.93. The van der Waals surface area contributed by atoms with Crippen molar-refractivity contribution in [3.05, 3.63) is 46.7 Å². The molecule has 138 valence electrons. The van der Waals surface area contributed by atoms with Gasteiger partial charge in [0.05, 0.1) is 0 Å². The van der Waals surface area contributed by atoms with Crippen LogP contribution in [0, 0.1) is 6.92 Å². The Morgan fingerprint density at radius 2 is 2.04 bits per heavy atom. The summed E-state index contributed by atoms with van der Waals surface area (Å²) in [6, 6.07) is 9.53. The lowest BCUT2D eigenvalue weighted by Gasteiger charge is -2.27. The first-order valence-corrected chi connectivity index (χ1v) is 9.47. The first kappa shape index (κ1) is 18.8. The van der Waals surface area contributed by atoms with Gasteiger partial charge >= 0.3 is 0 Å². The molecule has 1 aliphatic rings. The minimum Gasteiger partial charge on any atom is -0.339 e. The standard InChI is InChI=1S/C20H25ClN4O/c1-4-25-11-5-6-17(25)13-24(3)20(26)18-12-14(2)22-19(23-18)15-7-9-16(21)10-8-15/h7-10,12,17H,4-6,11,13H2,1-3H3. The summed E-state index contributed by atoms with van der Waals surface area (Å²) >= 11 is 5.95. The molecule has 0 N–H and O–H groups in total. The molecule has 1 saturated heterocycles. The molecule has 1 atom stereocenters. The van der Waals surface area contributed by atoms with E-state index >= 15 is 0 Å². The van der Waals surface area contributed by atoms with Gasteiger partial charge in [0, 0.05) is 35.9 Å². The Labute approximate surface area is 160 Å². The number of likely N-dealkylation sites (tertiary alicyclic amines) is 1. The Kier molecular flexibility index (Phi) is 5.89. The number of hydrogen-bond donors (Lipinski definition) is 0. The molecule has 0 aliphatic carbocycles. The molecule has 0 saturated carbocycles. The molecular weight excluding hydrogens is 348 g/mol. The summed E-state index contributed by atoms with van der Waals surface area (Å²) in [7, 11) is 1.86. The maximum absolute atomic E-state index is 12.9. The van der Waals surface area contributed by atoms with Gasteiger partial charge in [0.15, 0.2) is 5.82 Å². The molecule has 1 aliphatic heterocycles. The van der Waals surface area contributed by atoms with Crippen LogP contribution in [0.2, 0.25) is 5.02 Å². The highest BCUT2D eigenvalue weighted by Gasteiger charge is 2.26. The van der Waals surface area contributed by atoms with Gasteiger partial charge in [-0.15, -0.1) is 0 Å². The van der Waals surface area contributed by atoms with Crippen LogP contribution < -0.4 is 0 Å². The van der Waals surface area contributed by atoms with Crippen LogP contribution in [-0.4, -0.2) is 58.4 Å². The fourth-order valence-corrected chi connectivity index (χ4v) is 3.64. The summed E-state index contributed by atoms with van der Waals surface area (Å²) in [5, 5.41) is 0.662. The molecule has 0 radical (unpaired) electrons. The molecule has 6 heteroatoms. The van der Waals surface area contributed by atoms with Crippen molar-refractivity contribution in [1.82, 2.24) is 19.8 Å². The molecule has 2 heterocycles. The van der Waals surface area contributed by atoms with Gasteiger partial charge in [-0.3, -0.25) is 9.69 Å². The molecule has 1 amide bonds. The van der Waals surface area contributed by atoms with Gasteiger partial charge in [-0.05, 0) is 63.2 Å². The summed E-state index contributed by atoms with van der Waals surface area (Å²) in [5.41, 5.74) is 2.06. The maximum Gasteiger partial charge on any atom is 0.272 e. The summed E-state index contributed by atoms with van der Waals surface area (Å²) in [4.78, 5) is 26.1. The second-order valence-corrected chi connectivity index (χ2v) is 7.27. The number of amides is 1. The van der Waals surface area contributed by atoms with Gasteiger partial charge in [0.25, 0.3) is 5.91 Å². The highest BCUT2D eigenvalue weighted by molar-refractivity contribution is 6.30. The van der Waals surface area contributed by atoms with Crippen molar-refractivity contribution < 1.29 is 4.79 Å². The quantitative estimate of drug-likeness (QED) is 0.803. The number of carbonyl (C=O) groups is 1. The van der Waals surface area contributed by atoms with Crippen LogP contribution in [0.15, 0.2) is 30.3 Å². The summed E-state index contributed by atoms with van der Waals surface area (Å²) < 4.78 is 0. The molecule has 0 spiro atoms. The monoisotopic (exact) mass is 372 g/mol. The third-order valence-electron chi connectivity index (χ3n) is 4.91. The van der Waals surface area contributed by atoms with Crippen molar-refractivity contribution in [3.8, 4) is 11.4 Å². The molecule has 2 aromatic rings. The molecule has 5 nitrogen and oxygen atoms in total. The van der Waals surface area contributed by atoms with E-state index in [2.05, 4.69) is 21.8 Å². The van der Waals surface area contributed by atoms with Crippen molar-refractivity contribution in [2.75, 3.05) is 26.7 Å². The number of aryl methyl sites for hydroxylation is 1. The van der Waals surface area contributed by atoms with Crippen molar-refractivity contribution in [1.29, 1.82) is 0 Å². The zero-order valence-electron chi connectivity index (χ0n) is 15.6. The number of aromatic nitrogens is 2. The van der Waals surface area contributed by atoms with E-state index in [1.807, 2.05) is 26.1 Å². The summed E-state index contributed by atoms with van der Waals surface area (Å²) in [5.74, 6) is 0.489. The lowest BCUT2D eigenvalue weighted by Crippen LogP contribution is -2.41. The van der Waals surface area contributed by atoms with E-state index in [0.717, 1.165) is 37.3 Å². The summed E-state index contributed by atoms with van der Waals surface area (Å²) in [6.07, 6.45) is 2.35. The smallest absolute Gasteiger partial charge is 0.272 e. The lowest BCUT2D eigenvalue weighted by atomic mass is 10.2. The minimum absolute atomic E-state index is 0.0614. The van der Waals surface area contributed by atoms with Crippen LogP contribution in [0.25, 0.3) is 11.4 Å². The molecule has 1 aromatic heterocycles. The molecule has 1 fully saturated rings. The predicted octanol–water partition coefficient (Wildman–Crippen LogP) is 3.66. The van der Waals surface area contributed by atoms with Crippen LogP contribution in [0.1, 0.15) is 35.9 Å². The Morgan fingerprint density at radius 1 is 1.31 bits per heavy atom. The number of nitrogens with zero attached hydrogens (tertiary/aromatic N) is 4. The van der Waals surface area contributed by atoms with E-state index in [-0.39, 0.29) is 5.91 Å². The second kappa shape index (κ2) is 8.14. The van der Waals surface area contributed by atoms with Gasteiger partial charge in [-0.2, -0.15) is 0 Å². The highest BCUT2D eigenvalue weighted by atomic mass is 35.5. The van der Waals surface area contributed by atoms with E-state index in [0.29, 0.717) is 22.6 Å². The number of rotatable bonds is 5. The zero-order chi connectivity index (χ0) is 18.7. The largest absolute Gasteiger partial charge is 0.339 e. The second-order valence-electron chi connectivity index (χ2n) is 6.84. The SMILES string of the molecule is CCN1CCCC1CN(C)C(=O)c1cc(C)nc(-c2ccc(Cl)cc2)n1. The molecule has 0 bridgehead atoms. The van der Waals surface area contributed by atoms with Crippen molar-refractivity contribution in [3.63, 3.8) is 0 Å². The van der Waals surface area contributed by atoms with E-state index < -0.39 is 0 Å². The van der Waals surface area contributed by atoms with E-state index in [1.54, 1.807) is 23.1 Å². The molecular formula is C20H25ClN4O. The van der Waals surface area contributed by atoms with Gasteiger partial charge < -0.3 is 4.90 Å². The molecule has 26 heavy (non-hydrogen) atoms. The average Bonchev–Trinajstić information content (AvgIpc) is 3.08. The number of likely N-dealkylation sites (N-methyl/N-ethyl adjacent to an activating group) is 2. The topological polar surface area (TPSA) is 49.3 Å². The van der Waals surface area contributed by atoms with Crippen LogP contribution in [0.4, 0.5) is 0 Å². The Hall–Kier alpha value is -1.98. The van der Waals surface area contributed by atoms with Crippen molar-refractivity contribution in [2.45, 2.75) is 32.7 Å². The Balaban J connectivity index is 1.79. The van der Waals surface area contributed by atoms with Gasteiger partial charge in [0.2, 0.25) is 0 Å². The third-order valence-corrected chi connectivity index (χ3v) is 5.16. The van der Waals surface area contributed by atoms with Crippen LogP contribution in [0.3, 0.4) is 0 Å². The van der Waals surface area contributed by atoms with E-state index in [4.69, 9.17) is 11.6 Å². The minimum atomic E-state index is -0.0614. The van der Waals surface area contributed by atoms with Gasteiger partial charge in [0.1, 0.15) is 5.69 Å². The number of hydrogen-bond acceptors (Lipinski definition) is 4. The Morgan fingerprint density at radius 3 is 2.73 bits per heavy atom. The number of carbonyl (C=O) groups excluding carboxylic acids is 1. The lowest BCUT2D eigenvalue weighted by molar-refractivity contribution is 0.0748. The number of halogens is 1. The van der Waals surface area contributed by atoms with E-state index in [1.165, 1.54) is 6.42 Å². The number of benzene rings is 1. The van der Waals surface area contributed by atoms with Gasteiger partial charge in [-0.1, -0.05) is 18.5 Å². The molecule has 1 unspecified atom stereocenters. The van der Waals surface area contributed by atoms with Crippen molar-refractivity contribution >= 4 is 17.5 Å². The zero-order valence-corrected chi connectivity index (χ0v) is 16.3. The van der Waals surface area contributed by atoms with Gasteiger partial charge in [-0.25, -0.2) is 9.97 Å². The van der Waals surface area contributed by atoms with Crippen LogP contribution in [-0.2, 0) is 0 Å². The first-order chi connectivity index (χ1) is 12.5. The Bertz CT molecular complexity index is 778. The molecule has 1 aromatic carbocycles. The third kappa shape index (κ3) is 4.22. The normalized spacial score (nSPS) is 17.5. The van der Waals surface area contributed by atoms with E-state index in [9.17, 15) is 4.79 Å². The predicted molar refractivity (Wildman–Crippen MR) is 104 cm³/mol. The van der Waals surface area contributed by atoms with Crippen LogP contribution in [0.5, 0.6) is 0 Å². The average molecular weight is 373 g/mol. The maximum atomic E-state index is 12.9. The fourth-order valence-electron chi connectivity index (χ4n) is 3.52. The molecule has 3 rings (SSSR count). The fraction of sp³-hybridized carbons (Fsp3) is 0.450. The first-order valence-electron chi connectivity index (χ1n) is 9.09. The highest BCUT2D eigenvalue weighted by Crippen LogP contribution is 2.20. The van der Waals surface area contributed by atoms with Crippen LogP contribution >= 0.6 is 11.6 Å².